The molecule has 1 aromatic rings. The minimum Gasteiger partial charge on any atom is -0.382 e. The van der Waals surface area contributed by atoms with E-state index < -0.39 is 4.92 Å². The standard InChI is InChI=1S/C14H21N3O3/c1-4-5-6-10-16(3)14(18)11-8-7-9-12(17(19)20)13(11)15-2/h7-9,15H,4-6,10H2,1-3H3. The van der Waals surface area contributed by atoms with E-state index in [2.05, 4.69) is 12.2 Å². The van der Waals surface area contributed by atoms with E-state index in [1.165, 1.54) is 12.1 Å². The number of rotatable bonds is 7. The Kier molecular flexibility index (Phi) is 5.96. The van der Waals surface area contributed by atoms with Crippen LogP contribution in [-0.4, -0.2) is 36.4 Å². The lowest BCUT2D eigenvalue weighted by atomic mass is 10.1. The normalized spacial score (nSPS) is 10.2. The van der Waals surface area contributed by atoms with Gasteiger partial charge < -0.3 is 10.2 Å². The Morgan fingerprint density at radius 1 is 1.40 bits per heavy atom. The van der Waals surface area contributed by atoms with Gasteiger partial charge in [0.05, 0.1) is 10.5 Å². The molecule has 0 bridgehead atoms. The van der Waals surface area contributed by atoms with Gasteiger partial charge in [-0.05, 0) is 12.5 Å². The third-order valence-electron chi connectivity index (χ3n) is 3.16. The lowest BCUT2D eigenvalue weighted by Crippen LogP contribution is -2.28. The van der Waals surface area contributed by atoms with Crippen LogP contribution in [0.4, 0.5) is 11.4 Å². The summed E-state index contributed by atoms with van der Waals surface area (Å²) in [5.41, 5.74) is 0.519. The van der Waals surface area contributed by atoms with Crippen molar-refractivity contribution >= 4 is 17.3 Å². The molecule has 0 heterocycles. The van der Waals surface area contributed by atoms with Gasteiger partial charge in [0.1, 0.15) is 5.69 Å². The number of nitrogens with zero attached hydrogens (tertiary/aromatic N) is 2. The predicted molar refractivity (Wildman–Crippen MR) is 79.1 cm³/mol. The number of hydrogen-bond acceptors (Lipinski definition) is 4. The molecule has 20 heavy (non-hydrogen) atoms. The Hall–Kier alpha value is -2.11. The third kappa shape index (κ3) is 3.69. The number of nitro benzene ring substituents is 1. The maximum absolute atomic E-state index is 12.4. The Morgan fingerprint density at radius 2 is 2.10 bits per heavy atom. The zero-order chi connectivity index (χ0) is 15.1. The van der Waals surface area contributed by atoms with Crippen LogP contribution in [0.3, 0.4) is 0 Å². The summed E-state index contributed by atoms with van der Waals surface area (Å²) >= 11 is 0. The second kappa shape index (κ2) is 7.47. The zero-order valence-electron chi connectivity index (χ0n) is 12.2. The molecule has 0 fully saturated rings. The van der Waals surface area contributed by atoms with Crippen molar-refractivity contribution in [3.63, 3.8) is 0 Å². The summed E-state index contributed by atoms with van der Waals surface area (Å²) in [5.74, 6) is -0.200. The highest BCUT2D eigenvalue weighted by Crippen LogP contribution is 2.28. The molecule has 1 aromatic carbocycles. The number of nitrogens with one attached hydrogen (secondary N) is 1. The molecule has 0 unspecified atom stereocenters. The van der Waals surface area contributed by atoms with Crippen molar-refractivity contribution in [3.05, 3.63) is 33.9 Å². The number of amides is 1. The second-order valence-electron chi connectivity index (χ2n) is 4.64. The zero-order valence-corrected chi connectivity index (χ0v) is 12.2. The molecule has 0 aromatic heterocycles. The van der Waals surface area contributed by atoms with Gasteiger partial charge in [0.2, 0.25) is 0 Å². The summed E-state index contributed by atoms with van der Waals surface area (Å²) in [6.45, 7) is 2.75. The van der Waals surface area contributed by atoms with Crippen LogP contribution < -0.4 is 5.32 Å². The number of unbranched alkanes of at least 4 members (excludes halogenated alkanes) is 2. The van der Waals surface area contributed by atoms with Crippen LogP contribution in [0, 0.1) is 10.1 Å². The highest BCUT2D eigenvalue weighted by molar-refractivity contribution is 6.01. The Bertz CT molecular complexity index is 489. The van der Waals surface area contributed by atoms with Crippen molar-refractivity contribution in [3.8, 4) is 0 Å². The van der Waals surface area contributed by atoms with Gasteiger partial charge in [0, 0.05) is 26.7 Å². The first-order valence-corrected chi connectivity index (χ1v) is 6.73. The molecule has 6 nitrogen and oxygen atoms in total. The molecule has 0 atom stereocenters. The first kappa shape index (κ1) is 15.9. The number of benzene rings is 1. The predicted octanol–water partition coefficient (Wildman–Crippen LogP) is 2.90. The summed E-state index contributed by atoms with van der Waals surface area (Å²) in [4.78, 5) is 24.5. The largest absolute Gasteiger partial charge is 0.382 e. The van der Waals surface area contributed by atoms with Gasteiger partial charge in [-0.1, -0.05) is 25.8 Å². The van der Waals surface area contributed by atoms with Gasteiger partial charge in [-0.3, -0.25) is 14.9 Å². The number of para-hydroxylation sites is 1. The maximum Gasteiger partial charge on any atom is 0.293 e. The van der Waals surface area contributed by atoms with Gasteiger partial charge in [0.25, 0.3) is 11.6 Å². The Labute approximate surface area is 118 Å². The first-order chi connectivity index (χ1) is 9.52. The van der Waals surface area contributed by atoms with Crippen LogP contribution in [-0.2, 0) is 0 Å². The molecule has 0 saturated heterocycles. The Balaban J connectivity index is 2.97. The van der Waals surface area contributed by atoms with Crippen molar-refractivity contribution in [2.24, 2.45) is 0 Å². The summed E-state index contributed by atoms with van der Waals surface area (Å²) < 4.78 is 0. The van der Waals surface area contributed by atoms with E-state index in [1.54, 1.807) is 25.1 Å². The minimum absolute atomic E-state index is 0.0830. The molecule has 1 N–H and O–H groups in total. The van der Waals surface area contributed by atoms with E-state index in [9.17, 15) is 14.9 Å². The van der Waals surface area contributed by atoms with E-state index >= 15 is 0 Å². The minimum atomic E-state index is -0.486. The molecular formula is C14H21N3O3. The average molecular weight is 279 g/mol. The summed E-state index contributed by atoms with van der Waals surface area (Å²) in [6, 6.07) is 4.53. The molecule has 0 radical (unpaired) electrons. The molecular weight excluding hydrogens is 258 g/mol. The van der Waals surface area contributed by atoms with Crippen LogP contribution in [0.15, 0.2) is 18.2 Å². The summed E-state index contributed by atoms with van der Waals surface area (Å²) in [5, 5.41) is 13.7. The van der Waals surface area contributed by atoms with Gasteiger partial charge in [-0.15, -0.1) is 0 Å². The molecule has 0 aliphatic carbocycles. The fourth-order valence-corrected chi connectivity index (χ4v) is 2.04. The second-order valence-corrected chi connectivity index (χ2v) is 4.64. The molecule has 1 rings (SSSR count). The molecule has 0 aliphatic rings. The molecule has 0 aliphatic heterocycles. The molecule has 0 spiro atoms. The Morgan fingerprint density at radius 3 is 2.65 bits per heavy atom. The van der Waals surface area contributed by atoms with Crippen molar-refractivity contribution < 1.29 is 9.72 Å². The topological polar surface area (TPSA) is 75.5 Å². The van der Waals surface area contributed by atoms with E-state index in [-0.39, 0.29) is 17.3 Å². The van der Waals surface area contributed by atoms with E-state index in [1.807, 2.05) is 0 Å². The average Bonchev–Trinajstić information content (AvgIpc) is 2.45. The molecule has 6 heteroatoms. The SMILES string of the molecule is CCCCCN(C)C(=O)c1cccc([N+](=O)[O-])c1NC. The third-order valence-corrected chi connectivity index (χ3v) is 3.16. The number of carbonyl (C=O) groups excluding carboxylic acids is 1. The highest BCUT2D eigenvalue weighted by Gasteiger charge is 2.22. The van der Waals surface area contributed by atoms with E-state index in [0.29, 0.717) is 12.1 Å². The van der Waals surface area contributed by atoms with Crippen LogP contribution in [0.5, 0.6) is 0 Å². The van der Waals surface area contributed by atoms with Gasteiger partial charge in [-0.25, -0.2) is 0 Å². The van der Waals surface area contributed by atoms with Gasteiger partial charge >= 0.3 is 0 Å². The fourth-order valence-electron chi connectivity index (χ4n) is 2.04. The van der Waals surface area contributed by atoms with Crippen LogP contribution in [0.25, 0.3) is 0 Å². The van der Waals surface area contributed by atoms with Crippen LogP contribution >= 0.6 is 0 Å². The number of nitro groups is 1. The van der Waals surface area contributed by atoms with Gasteiger partial charge in [0.15, 0.2) is 0 Å². The number of carbonyl (C=O) groups is 1. The smallest absolute Gasteiger partial charge is 0.293 e. The summed E-state index contributed by atoms with van der Waals surface area (Å²) in [7, 11) is 3.30. The lowest BCUT2D eigenvalue weighted by molar-refractivity contribution is -0.384. The quantitative estimate of drug-likeness (QED) is 0.473. The van der Waals surface area contributed by atoms with Crippen molar-refractivity contribution in [1.29, 1.82) is 0 Å². The molecule has 0 saturated carbocycles. The van der Waals surface area contributed by atoms with Crippen molar-refractivity contribution in [1.82, 2.24) is 4.90 Å². The highest BCUT2D eigenvalue weighted by atomic mass is 16.6. The first-order valence-electron chi connectivity index (χ1n) is 6.73. The maximum atomic E-state index is 12.4. The van der Waals surface area contributed by atoms with Crippen molar-refractivity contribution in [2.75, 3.05) is 26.0 Å². The fraction of sp³-hybridized carbons (Fsp3) is 0.500. The van der Waals surface area contributed by atoms with E-state index in [4.69, 9.17) is 0 Å². The van der Waals surface area contributed by atoms with Crippen LogP contribution in [0.1, 0.15) is 36.5 Å². The number of anilines is 1. The van der Waals surface area contributed by atoms with E-state index in [0.717, 1.165) is 19.3 Å². The van der Waals surface area contributed by atoms with Crippen LogP contribution in [0.2, 0.25) is 0 Å². The number of hydrogen-bond donors (Lipinski definition) is 1. The lowest BCUT2D eigenvalue weighted by Gasteiger charge is -2.18. The van der Waals surface area contributed by atoms with Gasteiger partial charge in [-0.2, -0.15) is 0 Å². The van der Waals surface area contributed by atoms with Crippen molar-refractivity contribution in [2.45, 2.75) is 26.2 Å². The monoisotopic (exact) mass is 279 g/mol. The molecule has 1 amide bonds. The molecule has 110 valence electrons. The summed E-state index contributed by atoms with van der Waals surface area (Å²) in [6.07, 6.45) is 3.08.